The summed E-state index contributed by atoms with van der Waals surface area (Å²) in [6, 6.07) is 13.7. The average Bonchev–Trinajstić information content (AvgIpc) is 3.46. The Bertz CT molecular complexity index is 1590. The van der Waals surface area contributed by atoms with Gasteiger partial charge in [0.05, 0.1) is 40.9 Å². The number of benzene rings is 2. The lowest BCUT2D eigenvalue weighted by Crippen LogP contribution is -2.45. The Morgan fingerprint density at radius 1 is 1.23 bits per heavy atom. The summed E-state index contributed by atoms with van der Waals surface area (Å²) in [5, 5.41) is 13.5. The molecular weight excluding hydrogens is 445 g/mol. The van der Waals surface area contributed by atoms with E-state index >= 15 is 0 Å². The molecule has 0 amide bonds. The number of ether oxygens (including phenoxy) is 1. The van der Waals surface area contributed by atoms with Crippen LogP contribution in [0, 0.1) is 30.0 Å². The van der Waals surface area contributed by atoms with Crippen molar-refractivity contribution in [1.29, 1.82) is 5.26 Å². The van der Waals surface area contributed by atoms with E-state index in [1.807, 2.05) is 19.1 Å². The number of pyridine rings is 1. The molecule has 2 aromatic carbocycles. The fourth-order valence-corrected chi connectivity index (χ4v) is 5.37. The lowest BCUT2D eigenvalue weighted by molar-refractivity contribution is 0.211. The molecule has 7 rings (SSSR count). The van der Waals surface area contributed by atoms with Crippen LogP contribution in [0.2, 0.25) is 0 Å². The van der Waals surface area contributed by atoms with Crippen LogP contribution in [0.3, 0.4) is 0 Å². The van der Waals surface area contributed by atoms with Crippen molar-refractivity contribution in [2.45, 2.75) is 25.3 Å². The fraction of sp³-hybridized carbons (Fsp3) is 0.259. The van der Waals surface area contributed by atoms with E-state index < -0.39 is 11.4 Å². The minimum Gasteiger partial charge on any atom is -0.494 e. The van der Waals surface area contributed by atoms with Gasteiger partial charge in [-0.15, -0.1) is 0 Å². The summed E-state index contributed by atoms with van der Waals surface area (Å²) in [4.78, 5) is 23.5. The molecule has 0 atom stereocenters. The Kier molecular flexibility index (Phi) is 4.73. The summed E-state index contributed by atoms with van der Waals surface area (Å²) in [5.41, 5.74) is 2.71. The van der Waals surface area contributed by atoms with Crippen molar-refractivity contribution in [2.24, 2.45) is 5.92 Å². The van der Waals surface area contributed by atoms with Crippen LogP contribution in [-0.2, 0) is 5.54 Å². The van der Waals surface area contributed by atoms with Crippen molar-refractivity contribution in [2.75, 3.05) is 13.7 Å². The maximum Gasteiger partial charge on any atom is 0.266 e. The van der Waals surface area contributed by atoms with Crippen LogP contribution in [0.1, 0.15) is 29.9 Å². The first kappa shape index (κ1) is 21.4. The molecule has 3 fully saturated rings. The van der Waals surface area contributed by atoms with Crippen molar-refractivity contribution in [1.82, 2.24) is 19.9 Å². The van der Waals surface area contributed by atoms with E-state index in [9.17, 15) is 14.4 Å². The third-order valence-corrected chi connectivity index (χ3v) is 7.15. The second-order valence-electron chi connectivity index (χ2n) is 9.35. The number of halogens is 1. The van der Waals surface area contributed by atoms with Gasteiger partial charge in [0.2, 0.25) is 0 Å². The molecule has 0 spiro atoms. The van der Waals surface area contributed by atoms with Gasteiger partial charge in [-0.05, 0) is 62.6 Å². The van der Waals surface area contributed by atoms with Crippen molar-refractivity contribution in [3.63, 3.8) is 0 Å². The molecule has 174 valence electrons. The molecule has 3 aliphatic rings. The Morgan fingerprint density at radius 2 is 2.06 bits per heavy atom. The number of rotatable bonds is 4. The first-order valence-electron chi connectivity index (χ1n) is 11.5. The predicted octanol–water partition coefficient (Wildman–Crippen LogP) is 3.98. The number of hydrogen-bond donors (Lipinski definition) is 1. The summed E-state index contributed by atoms with van der Waals surface area (Å²) in [6.45, 7) is 2.75. The number of fused-ring (bicyclic) bond motifs is 2. The third-order valence-electron chi connectivity index (χ3n) is 7.15. The summed E-state index contributed by atoms with van der Waals surface area (Å²) < 4.78 is 21.3. The normalized spacial score (nSPS) is 20.5. The molecule has 35 heavy (non-hydrogen) atoms. The van der Waals surface area contributed by atoms with E-state index in [2.05, 4.69) is 16.4 Å². The highest BCUT2D eigenvalue weighted by Gasteiger charge is 2.54. The lowest BCUT2D eigenvalue weighted by Gasteiger charge is -2.38. The maximum absolute atomic E-state index is 14.7. The van der Waals surface area contributed by atoms with Crippen molar-refractivity contribution in [3.05, 3.63) is 81.9 Å². The standard InChI is InChI=1S/C27H22FN5O2/c1-15-3-4-18(14-30-15)20-7-16(12-29)8-21-24(20)32-26(27-10-17(11-27)13-31-27)33(25(21)34)19-5-6-23(35-2)22(28)9-19/h3-9,14,17,31H,10-11,13H2,1-2H3. The number of nitrogens with zero attached hydrogens (tertiary/aromatic N) is 4. The van der Waals surface area contributed by atoms with Crippen molar-refractivity contribution >= 4 is 10.9 Å². The molecule has 4 aromatic rings. The van der Waals surface area contributed by atoms with Gasteiger partial charge in [0.25, 0.3) is 5.56 Å². The van der Waals surface area contributed by atoms with Crippen LogP contribution >= 0.6 is 0 Å². The Hall–Kier alpha value is -4.09. The van der Waals surface area contributed by atoms with E-state index in [1.165, 1.54) is 23.8 Å². The quantitative estimate of drug-likeness (QED) is 0.488. The van der Waals surface area contributed by atoms with Gasteiger partial charge in [-0.2, -0.15) is 5.26 Å². The van der Waals surface area contributed by atoms with Gasteiger partial charge in [0.15, 0.2) is 11.6 Å². The Labute approximate surface area is 200 Å². The highest BCUT2D eigenvalue weighted by atomic mass is 19.1. The SMILES string of the molecule is COc1ccc(-n2c(C34CC(CN3)C4)nc3c(-c4ccc(C)nc4)cc(C#N)cc3c2=O)cc1F. The van der Waals surface area contributed by atoms with Gasteiger partial charge in [-0.25, -0.2) is 9.37 Å². The molecule has 4 heterocycles. The number of methoxy groups -OCH3 is 1. The van der Waals surface area contributed by atoms with Gasteiger partial charge in [-0.3, -0.25) is 14.3 Å². The molecule has 2 aliphatic heterocycles. The molecular formula is C27H22FN5O2. The number of nitriles is 1. The van der Waals surface area contributed by atoms with Gasteiger partial charge in [0.1, 0.15) is 5.82 Å². The summed E-state index contributed by atoms with van der Waals surface area (Å²) in [5.74, 6) is 0.618. The zero-order valence-corrected chi connectivity index (χ0v) is 19.3. The van der Waals surface area contributed by atoms with Crippen LogP contribution in [-0.4, -0.2) is 28.2 Å². The number of aromatic nitrogens is 3. The van der Waals surface area contributed by atoms with E-state index in [0.717, 1.165) is 30.6 Å². The molecule has 2 saturated heterocycles. The average molecular weight is 468 g/mol. The van der Waals surface area contributed by atoms with E-state index in [-0.39, 0.29) is 11.3 Å². The predicted molar refractivity (Wildman–Crippen MR) is 129 cm³/mol. The minimum atomic E-state index is -0.566. The van der Waals surface area contributed by atoms with E-state index in [1.54, 1.807) is 24.4 Å². The molecule has 1 saturated carbocycles. The van der Waals surface area contributed by atoms with Crippen LogP contribution in [0.4, 0.5) is 4.39 Å². The lowest BCUT2D eigenvalue weighted by atomic mass is 9.73. The fourth-order valence-electron chi connectivity index (χ4n) is 5.37. The van der Waals surface area contributed by atoms with E-state index in [0.29, 0.717) is 39.5 Å². The van der Waals surface area contributed by atoms with Crippen LogP contribution in [0.15, 0.2) is 53.5 Å². The van der Waals surface area contributed by atoms with Crippen LogP contribution < -0.4 is 15.6 Å². The highest BCUT2D eigenvalue weighted by Crippen LogP contribution is 2.50. The molecule has 8 heteroatoms. The monoisotopic (exact) mass is 467 g/mol. The number of hydrogen-bond acceptors (Lipinski definition) is 6. The molecule has 1 N–H and O–H groups in total. The van der Waals surface area contributed by atoms with Gasteiger partial charge in [0, 0.05) is 29.1 Å². The molecule has 0 unspecified atom stereocenters. The molecule has 2 aromatic heterocycles. The highest BCUT2D eigenvalue weighted by molar-refractivity contribution is 5.94. The van der Waals surface area contributed by atoms with Gasteiger partial charge in [-0.1, -0.05) is 6.07 Å². The first-order valence-corrected chi connectivity index (χ1v) is 11.5. The Balaban J connectivity index is 1.70. The van der Waals surface area contributed by atoms with Gasteiger partial charge >= 0.3 is 0 Å². The molecule has 1 aliphatic carbocycles. The smallest absolute Gasteiger partial charge is 0.266 e. The zero-order valence-electron chi connectivity index (χ0n) is 19.3. The van der Waals surface area contributed by atoms with Crippen molar-refractivity contribution in [3.8, 4) is 28.6 Å². The third kappa shape index (κ3) is 3.23. The maximum atomic E-state index is 14.7. The zero-order chi connectivity index (χ0) is 24.3. The number of aryl methyl sites for hydroxylation is 1. The largest absolute Gasteiger partial charge is 0.494 e. The topological polar surface area (TPSA) is 92.8 Å². The minimum absolute atomic E-state index is 0.0962. The second-order valence-corrected chi connectivity index (χ2v) is 9.35. The second kappa shape index (κ2) is 7.72. The molecule has 2 bridgehead atoms. The Morgan fingerprint density at radius 3 is 2.69 bits per heavy atom. The first-order chi connectivity index (χ1) is 16.9. The van der Waals surface area contributed by atoms with Gasteiger partial charge < -0.3 is 10.1 Å². The summed E-state index contributed by atoms with van der Waals surface area (Å²) >= 11 is 0. The number of nitrogens with one attached hydrogen (secondary N) is 1. The van der Waals surface area contributed by atoms with Crippen LogP contribution in [0.25, 0.3) is 27.7 Å². The van der Waals surface area contributed by atoms with Crippen LogP contribution in [0.5, 0.6) is 5.75 Å². The molecule has 0 radical (unpaired) electrons. The van der Waals surface area contributed by atoms with Crippen molar-refractivity contribution < 1.29 is 9.13 Å². The summed E-state index contributed by atoms with van der Waals surface area (Å²) in [7, 11) is 1.40. The van der Waals surface area contributed by atoms with E-state index in [4.69, 9.17) is 9.72 Å². The molecule has 7 nitrogen and oxygen atoms in total. The summed E-state index contributed by atoms with van der Waals surface area (Å²) in [6.07, 6.45) is 3.45.